The van der Waals surface area contributed by atoms with Crippen LogP contribution in [-0.2, 0) is 14.4 Å². The maximum absolute atomic E-state index is 11.3. The minimum atomic E-state index is -1.22. The molecular weight excluding hydrogens is 246 g/mol. The lowest BCUT2D eigenvalue weighted by molar-refractivity contribution is -0.141. The first kappa shape index (κ1) is 15.2. The van der Waals surface area contributed by atoms with Crippen LogP contribution in [0.25, 0.3) is 0 Å². The van der Waals surface area contributed by atoms with Gasteiger partial charge in [-0.3, -0.25) is 9.59 Å². The topological polar surface area (TPSA) is 133 Å². The largest absolute Gasteiger partial charge is 0.480 e. The summed E-state index contributed by atoms with van der Waals surface area (Å²) in [6.45, 7) is 0. The molecule has 1 atom stereocenters. The second-order valence-corrected chi connectivity index (χ2v) is 4.10. The molecule has 0 rings (SSSR count). The van der Waals surface area contributed by atoms with Crippen molar-refractivity contribution in [3.63, 3.8) is 0 Å². The first-order valence-corrected chi connectivity index (χ1v) is 5.88. The van der Waals surface area contributed by atoms with Gasteiger partial charge in [0.15, 0.2) is 0 Å². The third-order valence-corrected chi connectivity index (χ3v) is 2.51. The Balaban J connectivity index is 4.07. The fourth-order valence-corrected chi connectivity index (χ4v) is 1.43. The van der Waals surface area contributed by atoms with E-state index in [4.69, 9.17) is 16.1 Å². The predicted octanol–water partition coefficient (Wildman–Crippen LogP) is -0.922. The van der Waals surface area contributed by atoms with Gasteiger partial charge in [-0.1, -0.05) is 0 Å². The molecule has 0 aliphatic carbocycles. The molecule has 0 fully saturated rings. The summed E-state index contributed by atoms with van der Waals surface area (Å²) in [5.74, 6) is -2.16. The average molecular weight is 259 g/mol. The number of nitrogens with zero attached hydrogens (tertiary/aromatic N) is 1. The summed E-state index contributed by atoms with van der Waals surface area (Å²) in [5, 5.41) is 19.3. The number of rotatable bonds is 8. The molecule has 17 heavy (non-hydrogen) atoms. The van der Waals surface area contributed by atoms with E-state index in [1.807, 2.05) is 6.07 Å². The fourth-order valence-electron chi connectivity index (χ4n) is 0.969. The molecule has 2 amide bonds. The molecule has 0 radical (unpaired) electrons. The zero-order valence-electron chi connectivity index (χ0n) is 9.01. The summed E-state index contributed by atoms with van der Waals surface area (Å²) in [5.41, 5.74) is 4.89. The standard InChI is InChI=1S/C9H13N3O4S/c10-3-4-17-5-8(14)12-6(9(15)16)1-2-7(11)13/h6H,1-2,4-5H2,(H2,11,13)(H,12,14)(H,15,16)/t6-/m0/s1. The maximum Gasteiger partial charge on any atom is 0.326 e. The zero-order chi connectivity index (χ0) is 13.3. The van der Waals surface area contributed by atoms with Crippen LogP contribution < -0.4 is 11.1 Å². The van der Waals surface area contributed by atoms with Gasteiger partial charge < -0.3 is 16.2 Å². The molecule has 0 aliphatic heterocycles. The van der Waals surface area contributed by atoms with Gasteiger partial charge in [0.05, 0.1) is 17.6 Å². The van der Waals surface area contributed by atoms with E-state index in [1.165, 1.54) is 0 Å². The predicted molar refractivity (Wildman–Crippen MR) is 60.9 cm³/mol. The number of hydrogen-bond donors (Lipinski definition) is 3. The van der Waals surface area contributed by atoms with Crippen molar-refractivity contribution in [1.29, 1.82) is 5.26 Å². The Morgan fingerprint density at radius 2 is 2.12 bits per heavy atom. The van der Waals surface area contributed by atoms with Crippen LogP contribution >= 0.6 is 11.8 Å². The van der Waals surface area contributed by atoms with E-state index in [0.717, 1.165) is 11.8 Å². The lowest BCUT2D eigenvalue weighted by atomic mass is 10.1. The van der Waals surface area contributed by atoms with E-state index in [0.29, 0.717) is 0 Å². The van der Waals surface area contributed by atoms with Gasteiger partial charge in [0, 0.05) is 6.42 Å². The van der Waals surface area contributed by atoms with Crippen molar-refractivity contribution in [2.75, 3.05) is 11.5 Å². The van der Waals surface area contributed by atoms with Crippen LogP contribution in [0, 0.1) is 11.3 Å². The maximum atomic E-state index is 11.3. The number of hydrogen-bond acceptors (Lipinski definition) is 5. The molecule has 0 aliphatic rings. The number of nitriles is 1. The van der Waals surface area contributed by atoms with E-state index in [9.17, 15) is 14.4 Å². The van der Waals surface area contributed by atoms with Crippen LogP contribution in [0.3, 0.4) is 0 Å². The molecule has 0 bridgehead atoms. The number of aliphatic carboxylic acids is 1. The summed E-state index contributed by atoms with van der Waals surface area (Å²) >= 11 is 1.08. The summed E-state index contributed by atoms with van der Waals surface area (Å²) in [6, 6.07) is 0.718. The Morgan fingerprint density at radius 3 is 2.59 bits per heavy atom. The third kappa shape index (κ3) is 8.10. The molecule has 0 saturated heterocycles. The monoisotopic (exact) mass is 259 g/mol. The van der Waals surface area contributed by atoms with Crippen LogP contribution in [0.15, 0.2) is 0 Å². The average Bonchev–Trinajstić information content (AvgIpc) is 2.23. The van der Waals surface area contributed by atoms with E-state index < -0.39 is 23.8 Å². The molecular formula is C9H13N3O4S. The molecule has 7 nitrogen and oxygen atoms in total. The van der Waals surface area contributed by atoms with Crippen LogP contribution in [0.5, 0.6) is 0 Å². The molecule has 0 aromatic heterocycles. The van der Waals surface area contributed by atoms with Gasteiger partial charge in [-0.05, 0) is 6.42 Å². The Kier molecular flexibility index (Phi) is 7.54. The number of carbonyl (C=O) groups excluding carboxylic acids is 2. The quantitative estimate of drug-likeness (QED) is 0.483. The van der Waals surface area contributed by atoms with Crippen molar-refractivity contribution >= 4 is 29.5 Å². The van der Waals surface area contributed by atoms with E-state index in [1.54, 1.807) is 0 Å². The van der Waals surface area contributed by atoms with Crippen molar-refractivity contribution in [3.8, 4) is 6.07 Å². The summed E-state index contributed by atoms with van der Waals surface area (Å²) in [6.07, 6.45) is -0.151. The lowest BCUT2D eigenvalue weighted by Crippen LogP contribution is -2.42. The third-order valence-electron chi connectivity index (χ3n) is 1.71. The van der Waals surface area contributed by atoms with Crippen LogP contribution in [0.4, 0.5) is 0 Å². The van der Waals surface area contributed by atoms with Gasteiger partial charge in [-0.25, -0.2) is 4.79 Å². The number of carboxylic acids is 1. The Hall–Kier alpha value is -1.75. The number of nitrogens with two attached hydrogens (primary N) is 1. The van der Waals surface area contributed by atoms with Crippen molar-refractivity contribution in [1.82, 2.24) is 5.32 Å². The minimum Gasteiger partial charge on any atom is -0.480 e. The van der Waals surface area contributed by atoms with E-state index in [2.05, 4.69) is 5.32 Å². The number of carbonyl (C=O) groups is 3. The number of carboxylic acid groups (broad SMARTS) is 1. The molecule has 4 N–H and O–H groups in total. The summed E-state index contributed by atoms with van der Waals surface area (Å²) in [4.78, 5) is 32.5. The normalized spacial score (nSPS) is 11.2. The molecule has 0 aromatic rings. The summed E-state index contributed by atoms with van der Waals surface area (Å²) in [7, 11) is 0. The molecule has 8 heteroatoms. The van der Waals surface area contributed by atoms with Crippen molar-refractivity contribution < 1.29 is 19.5 Å². The van der Waals surface area contributed by atoms with E-state index >= 15 is 0 Å². The highest BCUT2D eigenvalue weighted by Crippen LogP contribution is 2.01. The van der Waals surface area contributed by atoms with E-state index in [-0.39, 0.29) is 24.3 Å². The Morgan fingerprint density at radius 1 is 1.47 bits per heavy atom. The van der Waals surface area contributed by atoms with Crippen LogP contribution in [0.1, 0.15) is 12.8 Å². The number of amides is 2. The Labute approximate surface area is 102 Å². The molecule has 94 valence electrons. The first-order chi connectivity index (χ1) is 7.97. The van der Waals surface area contributed by atoms with Gasteiger partial charge >= 0.3 is 5.97 Å². The van der Waals surface area contributed by atoms with Crippen molar-refractivity contribution in [2.45, 2.75) is 18.9 Å². The van der Waals surface area contributed by atoms with Crippen LogP contribution in [-0.4, -0.2) is 40.4 Å². The van der Waals surface area contributed by atoms with Gasteiger partial charge in [-0.2, -0.15) is 5.26 Å². The molecule has 0 saturated carbocycles. The first-order valence-electron chi connectivity index (χ1n) is 4.72. The molecule has 0 aromatic carbocycles. The SMILES string of the molecule is N#CCSCC(=O)N[C@@H](CCC(N)=O)C(=O)O. The highest BCUT2D eigenvalue weighted by Gasteiger charge is 2.20. The summed E-state index contributed by atoms with van der Waals surface area (Å²) < 4.78 is 0. The van der Waals surface area contributed by atoms with Gasteiger partial charge in [0.2, 0.25) is 11.8 Å². The van der Waals surface area contributed by atoms with Crippen molar-refractivity contribution in [2.24, 2.45) is 5.73 Å². The second kappa shape index (κ2) is 8.41. The second-order valence-electron chi connectivity index (χ2n) is 3.11. The Bertz CT molecular complexity index is 340. The number of nitrogens with one attached hydrogen (secondary N) is 1. The van der Waals surface area contributed by atoms with Gasteiger partial charge in [0.1, 0.15) is 6.04 Å². The lowest BCUT2D eigenvalue weighted by Gasteiger charge is -2.13. The van der Waals surface area contributed by atoms with Crippen molar-refractivity contribution in [3.05, 3.63) is 0 Å². The fraction of sp³-hybridized carbons (Fsp3) is 0.556. The zero-order valence-corrected chi connectivity index (χ0v) is 9.83. The highest BCUT2D eigenvalue weighted by atomic mass is 32.2. The van der Waals surface area contributed by atoms with Gasteiger partial charge in [-0.15, -0.1) is 11.8 Å². The minimum absolute atomic E-state index is 0.00785. The van der Waals surface area contributed by atoms with Gasteiger partial charge in [0.25, 0.3) is 0 Å². The molecule has 0 unspecified atom stereocenters. The van der Waals surface area contributed by atoms with Crippen LogP contribution in [0.2, 0.25) is 0 Å². The highest BCUT2D eigenvalue weighted by molar-refractivity contribution is 8.00. The molecule has 0 spiro atoms. The smallest absolute Gasteiger partial charge is 0.326 e. The number of thioether (sulfide) groups is 1. The molecule has 0 heterocycles. The number of primary amides is 1.